The van der Waals surface area contributed by atoms with Crippen LogP contribution in [0.15, 0.2) is 36.7 Å². The van der Waals surface area contributed by atoms with Gasteiger partial charge in [-0.05, 0) is 35.2 Å². The Bertz CT molecular complexity index is 1250. The summed E-state index contributed by atoms with van der Waals surface area (Å²) < 4.78 is 11.0. The van der Waals surface area contributed by atoms with Gasteiger partial charge in [0.15, 0.2) is 5.65 Å². The fraction of sp³-hybridized carbons (Fsp3) is 0.375. The fourth-order valence-electron chi connectivity index (χ4n) is 4.22. The van der Waals surface area contributed by atoms with Crippen LogP contribution in [0.2, 0.25) is 0 Å². The average Bonchev–Trinajstić information content (AvgIpc) is 3.28. The number of rotatable bonds is 6. The van der Waals surface area contributed by atoms with E-state index in [-0.39, 0.29) is 0 Å². The number of methoxy groups -OCH3 is 1. The molecule has 1 fully saturated rings. The first kappa shape index (κ1) is 20.5. The summed E-state index contributed by atoms with van der Waals surface area (Å²) in [5, 5.41) is 4.64. The summed E-state index contributed by atoms with van der Waals surface area (Å²) in [5.74, 6) is 2.87. The van der Waals surface area contributed by atoms with E-state index in [9.17, 15) is 0 Å². The maximum absolute atomic E-state index is 5.55. The fourth-order valence-corrected chi connectivity index (χ4v) is 4.22. The van der Waals surface area contributed by atoms with Gasteiger partial charge in [-0.25, -0.2) is 15.0 Å². The largest absolute Gasteiger partial charge is 0.495 e. The molecule has 0 bridgehead atoms. The molecule has 1 aliphatic heterocycles. The lowest BCUT2D eigenvalue weighted by atomic mass is 9.98. The van der Waals surface area contributed by atoms with E-state index in [0.717, 1.165) is 48.9 Å². The molecule has 5 rings (SSSR count). The Morgan fingerprint density at radius 1 is 1.16 bits per heavy atom. The van der Waals surface area contributed by atoms with E-state index in [1.165, 1.54) is 16.5 Å². The number of hydrogen-bond acceptors (Lipinski definition) is 7. The van der Waals surface area contributed by atoms with E-state index in [1.807, 2.05) is 18.2 Å². The summed E-state index contributed by atoms with van der Waals surface area (Å²) in [7, 11) is 1.70. The molecule has 0 spiro atoms. The van der Waals surface area contributed by atoms with Gasteiger partial charge in [0.1, 0.15) is 22.9 Å². The zero-order valence-corrected chi connectivity index (χ0v) is 18.7. The topological polar surface area (TPSA) is 88.2 Å². The lowest BCUT2D eigenvalue weighted by Gasteiger charge is -2.27. The number of benzene rings is 1. The molecular formula is C24H28N6O2. The molecule has 2 N–H and O–H groups in total. The van der Waals surface area contributed by atoms with Gasteiger partial charge in [-0.3, -0.25) is 0 Å². The van der Waals surface area contributed by atoms with Gasteiger partial charge in [-0.15, -0.1) is 0 Å². The van der Waals surface area contributed by atoms with Crippen LogP contribution >= 0.6 is 0 Å². The molecule has 32 heavy (non-hydrogen) atoms. The van der Waals surface area contributed by atoms with Gasteiger partial charge in [-0.2, -0.15) is 0 Å². The highest BCUT2D eigenvalue weighted by Gasteiger charge is 2.16. The summed E-state index contributed by atoms with van der Waals surface area (Å²) in [6.07, 6.45) is 3.84. The van der Waals surface area contributed by atoms with Crippen LogP contribution in [0.25, 0.3) is 22.1 Å². The van der Waals surface area contributed by atoms with E-state index in [1.54, 1.807) is 13.3 Å². The third-order valence-electron chi connectivity index (χ3n) is 5.94. The Balaban J connectivity index is 1.42. The van der Waals surface area contributed by atoms with E-state index in [4.69, 9.17) is 19.4 Å². The average molecular weight is 433 g/mol. The second-order valence-electron chi connectivity index (χ2n) is 8.30. The summed E-state index contributed by atoms with van der Waals surface area (Å²) >= 11 is 0. The second-order valence-corrected chi connectivity index (χ2v) is 8.30. The van der Waals surface area contributed by atoms with Gasteiger partial charge in [-0.1, -0.05) is 19.9 Å². The first-order valence-corrected chi connectivity index (χ1v) is 11.0. The lowest BCUT2D eigenvalue weighted by Crippen LogP contribution is -2.36. The number of morpholine rings is 1. The number of hydrogen-bond donors (Lipinski definition) is 2. The number of fused-ring (bicyclic) bond motifs is 2. The number of nitrogens with one attached hydrogen (secondary N) is 2. The van der Waals surface area contributed by atoms with Crippen molar-refractivity contribution < 1.29 is 9.47 Å². The maximum atomic E-state index is 5.55. The van der Waals surface area contributed by atoms with Crippen molar-refractivity contribution in [1.29, 1.82) is 0 Å². The third-order valence-corrected chi connectivity index (χ3v) is 5.94. The van der Waals surface area contributed by atoms with Crippen molar-refractivity contribution in [2.75, 3.05) is 43.6 Å². The molecule has 0 aliphatic carbocycles. The Labute approximate surface area is 187 Å². The first-order chi connectivity index (χ1) is 15.6. The molecular weight excluding hydrogens is 404 g/mol. The molecule has 166 valence electrons. The van der Waals surface area contributed by atoms with E-state index >= 15 is 0 Å². The highest BCUT2D eigenvalue weighted by Crippen LogP contribution is 2.34. The minimum Gasteiger partial charge on any atom is -0.495 e. The van der Waals surface area contributed by atoms with Crippen molar-refractivity contribution in [3.8, 4) is 5.75 Å². The van der Waals surface area contributed by atoms with Crippen LogP contribution in [-0.4, -0.2) is 53.3 Å². The molecule has 0 unspecified atom stereocenters. The Morgan fingerprint density at radius 3 is 2.78 bits per heavy atom. The molecule has 1 saturated heterocycles. The SMILES string of the molecule is COc1ccc(CNc2cnc3ccc(N4CCOCC4)nc3n2)c2c(C(C)C)c[nH]c12. The molecule has 0 radical (unpaired) electrons. The summed E-state index contributed by atoms with van der Waals surface area (Å²) in [6.45, 7) is 8.15. The molecule has 1 aromatic carbocycles. The number of anilines is 2. The number of H-pyrrole nitrogens is 1. The normalized spacial score (nSPS) is 14.4. The van der Waals surface area contributed by atoms with Gasteiger partial charge in [0.2, 0.25) is 0 Å². The van der Waals surface area contributed by atoms with Crippen LogP contribution in [0.1, 0.15) is 30.9 Å². The van der Waals surface area contributed by atoms with Crippen LogP contribution in [0.4, 0.5) is 11.6 Å². The third kappa shape index (κ3) is 3.82. The molecule has 8 heteroatoms. The molecule has 4 heterocycles. The van der Waals surface area contributed by atoms with Crippen LogP contribution < -0.4 is 15.0 Å². The summed E-state index contributed by atoms with van der Waals surface area (Å²) in [5.41, 5.74) is 4.91. The first-order valence-electron chi connectivity index (χ1n) is 11.0. The molecule has 8 nitrogen and oxygen atoms in total. The van der Waals surface area contributed by atoms with Crippen molar-refractivity contribution in [3.63, 3.8) is 0 Å². The van der Waals surface area contributed by atoms with Crippen LogP contribution in [0.5, 0.6) is 5.75 Å². The van der Waals surface area contributed by atoms with Crippen LogP contribution in [-0.2, 0) is 11.3 Å². The van der Waals surface area contributed by atoms with Crippen molar-refractivity contribution in [1.82, 2.24) is 19.9 Å². The zero-order valence-electron chi connectivity index (χ0n) is 18.7. The highest BCUT2D eigenvalue weighted by molar-refractivity contribution is 5.92. The standard InChI is InChI=1S/C24H28N6O2/c1-15(2)17-13-27-23-19(31-3)6-4-16(22(17)23)12-26-20-14-25-18-5-7-21(29-24(18)28-20)30-8-10-32-11-9-30/h4-7,13-15,27H,8-12H2,1-3H3,(H,26,28,29). The van der Waals surface area contributed by atoms with E-state index in [2.05, 4.69) is 46.3 Å². The highest BCUT2D eigenvalue weighted by atomic mass is 16.5. The minimum atomic E-state index is 0.401. The van der Waals surface area contributed by atoms with Crippen molar-refractivity contribution in [3.05, 3.63) is 47.8 Å². The minimum absolute atomic E-state index is 0.401. The number of pyridine rings is 1. The summed E-state index contributed by atoms with van der Waals surface area (Å²) in [6, 6.07) is 8.09. The molecule has 4 aromatic rings. The molecule has 0 atom stereocenters. The monoisotopic (exact) mass is 432 g/mol. The summed E-state index contributed by atoms with van der Waals surface area (Å²) in [4.78, 5) is 19.6. The molecule has 0 amide bonds. The van der Waals surface area contributed by atoms with Gasteiger partial charge in [0.25, 0.3) is 0 Å². The number of nitrogens with zero attached hydrogens (tertiary/aromatic N) is 4. The van der Waals surface area contributed by atoms with Crippen molar-refractivity contribution >= 4 is 33.7 Å². The quantitative estimate of drug-likeness (QED) is 0.474. The molecule has 0 saturated carbocycles. The number of aromatic nitrogens is 4. The Kier molecular flexibility index (Phi) is 5.53. The van der Waals surface area contributed by atoms with Gasteiger partial charge < -0.3 is 24.7 Å². The van der Waals surface area contributed by atoms with E-state index < -0.39 is 0 Å². The molecule has 1 aliphatic rings. The predicted octanol–water partition coefficient (Wildman–Crippen LogP) is 4.09. The lowest BCUT2D eigenvalue weighted by molar-refractivity contribution is 0.122. The van der Waals surface area contributed by atoms with Crippen LogP contribution in [0, 0.1) is 0 Å². The zero-order chi connectivity index (χ0) is 22.1. The van der Waals surface area contributed by atoms with Gasteiger partial charge in [0, 0.05) is 31.2 Å². The number of aromatic amines is 1. The smallest absolute Gasteiger partial charge is 0.182 e. The second kappa shape index (κ2) is 8.63. The maximum Gasteiger partial charge on any atom is 0.182 e. The van der Waals surface area contributed by atoms with E-state index in [0.29, 0.717) is 23.9 Å². The van der Waals surface area contributed by atoms with Gasteiger partial charge in [0.05, 0.1) is 32.0 Å². The Hall–Kier alpha value is -3.39. The van der Waals surface area contributed by atoms with Crippen molar-refractivity contribution in [2.45, 2.75) is 26.3 Å². The predicted molar refractivity (Wildman–Crippen MR) is 127 cm³/mol. The number of ether oxygens (including phenoxy) is 2. The van der Waals surface area contributed by atoms with Gasteiger partial charge >= 0.3 is 0 Å². The van der Waals surface area contributed by atoms with Crippen molar-refractivity contribution in [2.24, 2.45) is 0 Å². The Morgan fingerprint density at radius 2 is 2.00 bits per heavy atom. The molecule has 3 aromatic heterocycles. The van der Waals surface area contributed by atoms with Crippen LogP contribution in [0.3, 0.4) is 0 Å².